The predicted octanol–water partition coefficient (Wildman–Crippen LogP) is 2.04. The lowest BCUT2D eigenvalue weighted by Crippen LogP contribution is -2.37. The fourth-order valence-electron chi connectivity index (χ4n) is 2.45. The van der Waals surface area contributed by atoms with Crippen LogP contribution in [0.2, 0.25) is 0 Å². The zero-order chi connectivity index (χ0) is 16.1. The van der Waals surface area contributed by atoms with Crippen LogP contribution in [0.25, 0.3) is 0 Å². The lowest BCUT2D eigenvalue weighted by atomic mass is 10.1. The lowest BCUT2D eigenvalue weighted by molar-refractivity contribution is 0.102. The topological polar surface area (TPSA) is 78.2 Å². The molecule has 6 heteroatoms. The predicted molar refractivity (Wildman–Crippen MR) is 86.4 cm³/mol. The molecule has 0 spiro atoms. The normalized spacial score (nSPS) is 14.1. The van der Waals surface area contributed by atoms with Gasteiger partial charge in [0.1, 0.15) is 0 Å². The van der Waals surface area contributed by atoms with E-state index in [9.17, 15) is 4.79 Å². The highest BCUT2D eigenvalue weighted by atomic mass is 16.5. The number of hydrogen-bond donors (Lipinski definition) is 1. The number of hydrogen-bond acceptors (Lipinski definition) is 5. The Morgan fingerprint density at radius 3 is 2.87 bits per heavy atom. The van der Waals surface area contributed by atoms with Crippen LogP contribution in [0, 0.1) is 11.3 Å². The van der Waals surface area contributed by atoms with Crippen LogP contribution in [0.15, 0.2) is 42.6 Å². The fourth-order valence-corrected chi connectivity index (χ4v) is 2.45. The molecule has 0 bridgehead atoms. The van der Waals surface area contributed by atoms with Crippen LogP contribution >= 0.6 is 0 Å². The van der Waals surface area contributed by atoms with Crippen molar-refractivity contribution in [3.05, 3.63) is 53.7 Å². The maximum atomic E-state index is 12.4. The van der Waals surface area contributed by atoms with Crippen molar-refractivity contribution in [2.24, 2.45) is 0 Å². The summed E-state index contributed by atoms with van der Waals surface area (Å²) in [5.41, 5.74) is 1.56. The summed E-state index contributed by atoms with van der Waals surface area (Å²) in [6.45, 7) is 2.77. The molecule has 0 saturated carbocycles. The molecule has 23 heavy (non-hydrogen) atoms. The van der Waals surface area contributed by atoms with Gasteiger partial charge >= 0.3 is 0 Å². The molecular weight excluding hydrogens is 292 g/mol. The van der Waals surface area contributed by atoms with Crippen molar-refractivity contribution in [2.45, 2.75) is 0 Å². The van der Waals surface area contributed by atoms with E-state index < -0.39 is 0 Å². The molecule has 0 unspecified atom stereocenters. The summed E-state index contributed by atoms with van der Waals surface area (Å²) < 4.78 is 5.35. The van der Waals surface area contributed by atoms with Gasteiger partial charge in [0.2, 0.25) is 0 Å². The molecule has 0 atom stereocenters. The highest BCUT2D eigenvalue weighted by Crippen LogP contribution is 2.24. The molecule has 1 aromatic heterocycles. The van der Waals surface area contributed by atoms with Crippen LogP contribution in [-0.2, 0) is 4.74 Å². The van der Waals surface area contributed by atoms with Crippen molar-refractivity contribution < 1.29 is 9.53 Å². The second-order valence-electron chi connectivity index (χ2n) is 5.12. The number of nitrogens with one attached hydrogen (secondary N) is 1. The van der Waals surface area contributed by atoms with Gasteiger partial charge in [-0.3, -0.25) is 4.79 Å². The summed E-state index contributed by atoms with van der Waals surface area (Å²) in [6, 6.07) is 12.3. The quantitative estimate of drug-likeness (QED) is 0.939. The van der Waals surface area contributed by atoms with Crippen LogP contribution in [0.3, 0.4) is 0 Å². The van der Waals surface area contributed by atoms with E-state index in [4.69, 9.17) is 10.00 Å². The molecule has 116 valence electrons. The Bertz CT molecular complexity index is 748. The Kier molecular flexibility index (Phi) is 4.50. The average molecular weight is 308 g/mol. The van der Waals surface area contributed by atoms with E-state index in [0.717, 1.165) is 18.9 Å². The van der Waals surface area contributed by atoms with Gasteiger partial charge in [-0.1, -0.05) is 6.07 Å². The van der Waals surface area contributed by atoms with Gasteiger partial charge in [0.25, 0.3) is 5.91 Å². The van der Waals surface area contributed by atoms with Gasteiger partial charge in [-0.15, -0.1) is 0 Å². The number of nitriles is 1. The molecule has 0 aliphatic carbocycles. The van der Waals surface area contributed by atoms with Crippen LogP contribution < -0.4 is 10.2 Å². The number of pyridine rings is 1. The first-order chi connectivity index (χ1) is 11.3. The van der Waals surface area contributed by atoms with E-state index in [2.05, 4.69) is 15.2 Å². The van der Waals surface area contributed by atoms with Crippen molar-refractivity contribution in [1.82, 2.24) is 4.98 Å². The van der Waals surface area contributed by atoms with Gasteiger partial charge in [0.05, 0.1) is 30.5 Å². The summed E-state index contributed by atoms with van der Waals surface area (Å²) in [6.07, 6.45) is 1.71. The molecule has 1 saturated heterocycles. The molecule has 2 heterocycles. The number of rotatable bonds is 3. The Morgan fingerprint density at radius 1 is 1.26 bits per heavy atom. The maximum Gasteiger partial charge on any atom is 0.255 e. The number of ether oxygens (including phenoxy) is 1. The number of carbonyl (C=O) groups excluding carboxylic acids is 1. The molecule has 1 aliphatic rings. The summed E-state index contributed by atoms with van der Waals surface area (Å²) in [5.74, 6) is 0.477. The number of amides is 1. The third kappa shape index (κ3) is 3.47. The van der Waals surface area contributed by atoms with Crippen LogP contribution in [0.1, 0.15) is 15.9 Å². The minimum absolute atomic E-state index is 0.260. The first-order valence-electron chi connectivity index (χ1n) is 7.37. The number of carbonyl (C=O) groups is 1. The third-order valence-corrected chi connectivity index (χ3v) is 3.60. The van der Waals surface area contributed by atoms with E-state index in [1.54, 1.807) is 36.5 Å². The van der Waals surface area contributed by atoms with Crippen molar-refractivity contribution >= 4 is 17.4 Å². The van der Waals surface area contributed by atoms with E-state index in [1.807, 2.05) is 12.1 Å². The lowest BCUT2D eigenvalue weighted by Gasteiger charge is -2.29. The van der Waals surface area contributed by atoms with Gasteiger partial charge < -0.3 is 15.0 Å². The third-order valence-electron chi connectivity index (χ3n) is 3.60. The number of benzene rings is 1. The molecule has 0 radical (unpaired) electrons. The molecule has 6 nitrogen and oxygen atoms in total. The average Bonchev–Trinajstić information content (AvgIpc) is 2.63. The Balaban J connectivity index is 1.82. The van der Waals surface area contributed by atoms with Gasteiger partial charge in [-0.2, -0.15) is 5.26 Å². The summed E-state index contributed by atoms with van der Waals surface area (Å²) in [4.78, 5) is 18.9. The monoisotopic (exact) mass is 308 g/mol. The number of morpholine rings is 1. The smallest absolute Gasteiger partial charge is 0.255 e. The molecule has 1 amide bonds. The van der Waals surface area contributed by atoms with E-state index in [-0.39, 0.29) is 5.91 Å². The second-order valence-corrected chi connectivity index (χ2v) is 5.12. The van der Waals surface area contributed by atoms with E-state index in [0.29, 0.717) is 30.0 Å². The number of nitrogens with zero attached hydrogens (tertiary/aromatic N) is 3. The summed E-state index contributed by atoms with van der Waals surface area (Å²) >= 11 is 0. The Hall–Kier alpha value is -2.91. The summed E-state index contributed by atoms with van der Waals surface area (Å²) in [5, 5.41) is 11.8. The van der Waals surface area contributed by atoms with Crippen molar-refractivity contribution in [1.29, 1.82) is 5.26 Å². The zero-order valence-corrected chi connectivity index (χ0v) is 12.5. The van der Waals surface area contributed by atoms with Crippen molar-refractivity contribution in [3.63, 3.8) is 0 Å². The van der Waals surface area contributed by atoms with Gasteiger partial charge in [-0.05, 0) is 30.3 Å². The Morgan fingerprint density at radius 2 is 2.09 bits per heavy atom. The van der Waals surface area contributed by atoms with Crippen molar-refractivity contribution in [2.75, 3.05) is 36.5 Å². The standard InChI is InChI=1S/C17H16N4O2/c18-12-13-3-1-4-14(11-13)17(22)20-15-5-2-6-19-16(15)21-7-9-23-10-8-21/h1-6,11H,7-10H2,(H,20,22). The Labute approximate surface area is 134 Å². The van der Waals surface area contributed by atoms with Crippen molar-refractivity contribution in [3.8, 4) is 6.07 Å². The van der Waals surface area contributed by atoms with Crippen LogP contribution in [0.4, 0.5) is 11.5 Å². The molecule has 2 aromatic rings. The van der Waals surface area contributed by atoms with E-state index in [1.165, 1.54) is 0 Å². The molecule has 1 N–H and O–H groups in total. The van der Waals surface area contributed by atoms with Gasteiger partial charge in [0, 0.05) is 24.8 Å². The highest BCUT2D eigenvalue weighted by Gasteiger charge is 2.17. The molecule has 1 fully saturated rings. The first kappa shape index (κ1) is 15.0. The first-order valence-corrected chi connectivity index (χ1v) is 7.37. The fraction of sp³-hybridized carbons (Fsp3) is 0.235. The highest BCUT2D eigenvalue weighted by molar-refractivity contribution is 6.05. The minimum Gasteiger partial charge on any atom is -0.378 e. The second kappa shape index (κ2) is 6.90. The van der Waals surface area contributed by atoms with Gasteiger partial charge in [0.15, 0.2) is 5.82 Å². The SMILES string of the molecule is N#Cc1cccc(C(=O)Nc2cccnc2N2CCOCC2)c1. The van der Waals surface area contributed by atoms with E-state index >= 15 is 0 Å². The number of anilines is 2. The molecule has 1 aromatic carbocycles. The zero-order valence-electron chi connectivity index (χ0n) is 12.5. The maximum absolute atomic E-state index is 12.4. The van der Waals surface area contributed by atoms with Gasteiger partial charge in [-0.25, -0.2) is 4.98 Å². The molecule has 3 rings (SSSR count). The van der Waals surface area contributed by atoms with Crippen LogP contribution in [0.5, 0.6) is 0 Å². The molecule has 1 aliphatic heterocycles. The largest absolute Gasteiger partial charge is 0.378 e. The molecular formula is C17H16N4O2. The van der Waals surface area contributed by atoms with Crippen LogP contribution in [-0.4, -0.2) is 37.2 Å². The number of aromatic nitrogens is 1. The summed E-state index contributed by atoms with van der Waals surface area (Å²) in [7, 11) is 0. The minimum atomic E-state index is -0.260.